The average Bonchev–Trinajstić information content (AvgIpc) is 2.46. The summed E-state index contributed by atoms with van der Waals surface area (Å²) in [6.07, 6.45) is 0. The van der Waals surface area contributed by atoms with E-state index < -0.39 is 8.60 Å². The van der Waals surface area contributed by atoms with Crippen molar-refractivity contribution < 1.29 is 13.6 Å². The van der Waals surface area contributed by atoms with Crippen LogP contribution < -0.4 is 4.52 Å². The van der Waals surface area contributed by atoms with E-state index in [-0.39, 0.29) is 21.7 Å². The number of benzene rings is 1. The SMILES string of the molecule is CC1(C)COP(Oc2c(C(C)(C)C)cc(C(C)(C)C)cc2C(C)(C)C)OC1. The van der Waals surface area contributed by atoms with Gasteiger partial charge in [0.05, 0.1) is 13.2 Å². The second-order valence-electron chi connectivity index (χ2n) is 11.7. The molecule has 0 saturated carbocycles. The fraction of sp³-hybridized carbons (Fsp3) is 0.739. The van der Waals surface area contributed by atoms with E-state index in [0.717, 1.165) is 5.75 Å². The van der Waals surface area contributed by atoms with E-state index in [2.05, 4.69) is 88.3 Å². The Bertz CT molecular complexity index is 627. The van der Waals surface area contributed by atoms with Crippen molar-refractivity contribution in [2.75, 3.05) is 13.2 Å². The molecule has 2 rings (SSSR count). The van der Waals surface area contributed by atoms with Crippen LogP contribution in [0.4, 0.5) is 0 Å². The second-order valence-corrected chi connectivity index (χ2v) is 12.8. The molecule has 0 aromatic heterocycles. The highest BCUT2D eigenvalue weighted by Crippen LogP contribution is 2.52. The van der Waals surface area contributed by atoms with Crippen molar-refractivity contribution in [3.05, 3.63) is 28.8 Å². The summed E-state index contributed by atoms with van der Waals surface area (Å²) in [5.74, 6) is 0.939. The Morgan fingerprint density at radius 3 is 1.52 bits per heavy atom. The highest BCUT2D eigenvalue weighted by atomic mass is 31.2. The minimum Gasteiger partial charge on any atom is -0.426 e. The first-order valence-electron chi connectivity index (χ1n) is 9.94. The molecule has 1 fully saturated rings. The third kappa shape index (κ3) is 5.68. The van der Waals surface area contributed by atoms with Crippen molar-refractivity contribution in [1.29, 1.82) is 0 Å². The van der Waals surface area contributed by atoms with Crippen LogP contribution in [0.3, 0.4) is 0 Å². The van der Waals surface area contributed by atoms with E-state index in [1.807, 2.05) is 0 Å². The molecule has 0 N–H and O–H groups in total. The van der Waals surface area contributed by atoms with Crippen molar-refractivity contribution in [3.63, 3.8) is 0 Å². The molecule has 0 unspecified atom stereocenters. The van der Waals surface area contributed by atoms with Gasteiger partial charge in [-0.05, 0) is 21.8 Å². The van der Waals surface area contributed by atoms with Crippen LogP contribution in [-0.2, 0) is 25.3 Å². The van der Waals surface area contributed by atoms with E-state index in [1.165, 1.54) is 16.7 Å². The van der Waals surface area contributed by atoms with Crippen LogP contribution in [0, 0.1) is 5.41 Å². The summed E-state index contributed by atoms with van der Waals surface area (Å²) in [5.41, 5.74) is 3.81. The van der Waals surface area contributed by atoms with Crippen molar-refractivity contribution >= 4 is 8.60 Å². The molecule has 0 radical (unpaired) electrons. The van der Waals surface area contributed by atoms with Crippen LogP contribution in [0.25, 0.3) is 0 Å². The van der Waals surface area contributed by atoms with Gasteiger partial charge in [0.15, 0.2) is 0 Å². The van der Waals surface area contributed by atoms with E-state index >= 15 is 0 Å². The number of hydrogen-bond acceptors (Lipinski definition) is 3. The monoisotopic (exact) mass is 394 g/mol. The zero-order valence-electron chi connectivity index (χ0n) is 19.2. The molecule has 1 aromatic carbocycles. The number of hydrogen-bond donors (Lipinski definition) is 0. The zero-order valence-corrected chi connectivity index (χ0v) is 20.1. The maximum atomic E-state index is 6.45. The van der Waals surface area contributed by atoms with Crippen LogP contribution in [0.5, 0.6) is 5.75 Å². The first-order valence-corrected chi connectivity index (χ1v) is 11.0. The topological polar surface area (TPSA) is 27.7 Å². The minimum absolute atomic E-state index is 0.0397. The Labute approximate surface area is 168 Å². The van der Waals surface area contributed by atoms with E-state index in [4.69, 9.17) is 13.6 Å². The molecule has 3 nitrogen and oxygen atoms in total. The second kappa shape index (κ2) is 7.32. The smallest absolute Gasteiger partial charge is 0.397 e. The molecule has 1 heterocycles. The highest BCUT2D eigenvalue weighted by molar-refractivity contribution is 7.42. The lowest BCUT2D eigenvalue weighted by molar-refractivity contribution is 0.0423. The molecule has 154 valence electrons. The van der Waals surface area contributed by atoms with Gasteiger partial charge in [-0.25, -0.2) is 0 Å². The molecule has 1 saturated heterocycles. The average molecular weight is 395 g/mol. The zero-order chi connectivity index (χ0) is 20.8. The Balaban J connectivity index is 2.56. The van der Waals surface area contributed by atoms with Crippen molar-refractivity contribution in [1.82, 2.24) is 0 Å². The lowest BCUT2D eigenvalue weighted by atomic mass is 9.75. The first-order chi connectivity index (χ1) is 12.0. The van der Waals surface area contributed by atoms with Crippen molar-refractivity contribution in [2.24, 2.45) is 5.41 Å². The number of rotatable bonds is 2. The van der Waals surface area contributed by atoms with Gasteiger partial charge >= 0.3 is 8.60 Å². The molecular weight excluding hydrogens is 355 g/mol. The summed E-state index contributed by atoms with van der Waals surface area (Å²) in [5, 5.41) is 0. The molecule has 1 aliphatic heterocycles. The standard InChI is InChI=1S/C23H39O3P/c1-20(2,3)16-12-17(21(4,5)6)19(18(13-16)22(7,8)9)26-27-24-14-23(10,11)15-25-27/h12-13H,14-15H2,1-11H3. The lowest BCUT2D eigenvalue weighted by Crippen LogP contribution is -2.29. The molecule has 0 aliphatic carbocycles. The third-order valence-electron chi connectivity index (χ3n) is 4.86. The quantitative estimate of drug-likeness (QED) is 0.494. The van der Waals surface area contributed by atoms with Crippen LogP contribution >= 0.6 is 8.60 Å². The molecule has 0 spiro atoms. The summed E-state index contributed by atoms with van der Waals surface area (Å²) < 4.78 is 18.4. The third-order valence-corrected chi connectivity index (χ3v) is 5.87. The molecule has 27 heavy (non-hydrogen) atoms. The maximum absolute atomic E-state index is 6.45. The summed E-state index contributed by atoms with van der Waals surface area (Å²) >= 11 is 0. The van der Waals surface area contributed by atoms with Crippen molar-refractivity contribution in [3.8, 4) is 5.75 Å². The fourth-order valence-electron chi connectivity index (χ4n) is 2.94. The normalized spacial score (nSPS) is 19.2. The molecule has 1 aromatic rings. The van der Waals surface area contributed by atoms with E-state index in [9.17, 15) is 0 Å². The summed E-state index contributed by atoms with van der Waals surface area (Å²) in [6, 6.07) is 4.63. The van der Waals surface area contributed by atoms with E-state index in [0.29, 0.717) is 13.2 Å². The van der Waals surface area contributed by atoms with Gasteiger partial charge in [0.25, 0.3) is 0 Å². The highest BCUT2D eigenvalue weighted by Gasteiger charge is 2.35. The summed E-state index contributed by atoms with van der Waals surface area (Å²) in [4.78, 5) is 0. The minimum atomic E-state index is -1.37. The summed E-state index contributed by atoms with van der Waals surface area (Å²) in [7, 11) is -1.37. The van der Waals surface area contributed by atoms with Gasteiger partial charge in [-0.3, -0.25) is 0 Å². The fourth-order valence-corrected chi connectivity index (χ4v) is 4.37. The summed E-state index contributed by atoms with van der Waals surface area (Å²) in [6.45, 7) is 25.9. The van der Waals surface area contributed by atoms with Crippen LogP contribution in [0.1, 0.15) is 92.9 Å². The molecule has 0 amide bonds. The van der Waals surface area contributed by atoms with Gasteiger partial charge in [-0.2, -0.15) is 0 Å². The van der Waals surface area contributed by atoms with E-state index in [1.54, 1.807) is 0 Å². The van der Waals surface area contributed by atoms with Crippen LogP contribution in [0.15, 0.2) is 12.1 Å². The Morgan fingerprint density at radius 2 is 1.19 bits per heavy atom. The lowest BCUT2D eigenvalue weighted by Gasteiger charge is -2.36. The van der Waals surface area contributed by atoms with Crippen LogP contribution in [-0.4, -0.2) is 13.2 Å². The van der Waals surface area contributed by atoms with Gasteiger partial charge in [0.2, 0.25) is 0 Å². The van der Waals surface area contributed by atoms with Crippen molar-refractivity contribution in [2.45, 2.75) is 92.4 Å². The molecule has 0 atom stereocenters. The maximum Gasteiger partial charge on any atom is 0.397 e. The van der Waals surface area contributed by atoms with Gasteiger partial charge in [-0.15, -0.1) is 0 Å². The van der Waals surface area contributed by atoms with Gasteiger partial charge in [0.1, 0.15) is 5.75 Å². The molecule has 0 bridgehead atoms. The molecule has 1 aliphatic rings. The Morgan fingerprint density at radius 1 is 0.778 bits per heavy atom. The largest absolute Gasteiger partial charge is 0.426 e. The Kier molecular flexibility index (Phi) is 6.14. The predicted molar refractivity (Wildman–Crippen MR) is 116 cm³/mol. The van der Waals surface area contributed by atoms with Gasteiger partial charge in [0, 0.05) is 16.5 Å². The predicted octanol–water partition coefficient (Wildman–Crippen LogP) is 7.26. The Hall–Kier alpha value is -0.630. The molecule has 4 heteroatoms. The van der Waals surface area contributed by atoms with Crippen LogP contribution in [0.2, 0.25) is 0 Å². The van der Waals surface area contributed by atoms with Gasteiger partial charge in [-0.1, -0.05) is 88.3 Å². The van der Waals surface area contributed by atoms with Gasteiger partial charge < -0.3 is 13.6 Å². The molecular formula is C23H39O3P. The first kappa shape index (κ1) is 22.7.